The molecule has 0 unspecified atom stereocenters. The van der Waals surface area contributed by atoms with Gasteiger partial charge < -0.3 is 24.1 Å². The molecular weight excluding hydrogens is 1710 g/mol. The van der Waals surface area contributed by atoms with Crippen molar-refractivity contribution >= 4 is 128 Å². The first-order chi connectivity index (χ1) is 62.6. The van der Waals surface area contributed by atoms with Crippen molar-refractivity contribution in [3.05, 3.63) is 423 Å². The number of nitro benzene ring substituents is 3. The molecule has 1 fully saturated rings. The molecule has 13 aromatic rings. The second-order valence-electron chi connectivity index (χ2n) is 29.1. The third-order valence-corrected chi connectivity index (χ3v) is 23.1. The second kappa shape index (κ2) is 44.0. The first kappa shape index (κ1) is 93.5. The van der Waals surface area contributed by atoms with E-state index in [2.05, 4.69) is 20.4 Å². The number of oxime groups is 3. The first-order valence-corrected chi connectivity index (χ1v) is 42.6. The summed E-state index contributed by atoms with van der Waals surface area (Å²) in [5, 5.41) is 46.1. The predicted molar refractivity (Wildman–Crippen MR) is 495 cm³/mol. The van der Waals surface area contributed by atoms with Gasteiger partial charge in [0.05, 0.1) is 44.7 Å². The van der Waals surface area contributed by atoms with E-state index in [0.717, 1.165) is 85.6 Å². The van der Waals surface area contributed by atoms with Crippen molar-refractivity contribution < 1.29 is 77.2 Å². The van der Waals surface area contributed by atoms with E-state index in [1.165, 1.54) is 71.7 Å². The number of carbonyl (C=O) groups is 9. The number of hydrogen-bond acceptors (Lipinski definition) is 26. The van der Waals surface area contributed by atoms with Gasteiger partial charge in [0.2, 0.25) is 17.3 Å². The number of Topliss-reactive ketones (excluding diaryl/α,β-unsaturated/α-hetero) is 3. The van der Waals surface area contributed by atoms with Crippen molar-refractivity contribution in [3.8, 4) is 11.1 Å². The monoisotopic (exact) mass is 1790 g/mol. The Bertz CT molecular complexity index is 6590. The molecule has 26 nitrogen and oxygen atoms in total. The molecule has 13 aromatic carbocycles. The zero-order valence-electron chi connectivity index (χ0n) is 70.8. The van der Waals surface area contributed by atoms with Crippen LogP contribution in [0.3, 0.4) is 0 Å². The highest BCUT2D eigenvalue weighted by Gasteiger charge is 2.32. The lowest BCUT2D eigenvalue weighted by Gasteiger charge is -2.28. The third-order valence-electron chi connectivity index (χ3n) is 20.1. The first-order valence-electron chi connectivity index (χ1n) is 40.1. The van der Waals surface area contributed by atoms with E-state index in [1.807, 2.05) is 146 Å². The van der Waals surface area contributed by atoms with Gasteiger partial charge in [0, 0.05) is 137 Å². The average Bonchev–Trinajstić information content (AvgIpc) is 0.801. The Morgan fingerprint density at radius 2 is 0.569 bits per heavy atom. The summed E-state index contributed by atoms with van der Waals surface area (Å²) in [7, 11) is 0. The van der Waals surface area contributed by atoms with Gasteiger partial charge in [-0.3, -0.25) is 59.1 Å². The van der Waals surface area contributed by atoms with E-state index in [1.54, 1.807) is 148 Å². The van der Waals surface area contributed by atoms with Crippen molar-refractivity contribution in [2.45, 2.75) is 77.8 Å². The molecule has 0 atom stereocenters. The number of carbonyl (C=O) groups excluding carboxylic acids is 9. The van der Waals surface area contributed by atoms with Crippen LogP contribution in [0, 0.1) is 58.0 Å². The highest BCUT2D eigenvalue weighted by molar-refractivity contribution is 7.99. The fourth-order valence-electron chi connectivity index (χ4n) is 13.5. The van der Waals surface area contributed by atoms with Gasteiger partial charge >= 0.3 is 17.9 Å². The van der Waals surface area contributed by atoms with Gasteiger partial charge in [0.15, 0.2) is 34.5 Å². The molecule has 650 valence electrons. The molecule has 29 heteroatoms. The summed E-state index contributed by atoms with van der Waals surface area (Å²) in [5.41, 5.74) is 7.59. The summed E-state index contributed by atoms with van der Waals surface area (Å²) >= 11 is 4.33. The van der Waals surface area contributed by atoms with Crippen LogP contribution in [0.4, 0.5) is 22.7 Å². The van der Waals surface area contributed by atoms with Crippen LogP contribution in [0.2, 0.25) is 0 Å². The Hall–Kier alpha value is -15.7. The van der Waals surface area contributed by atoms with Gasteiger partial charge in [-0.2, -0.15) is 0 Å². The van der Waals surface area contributed by atoms with Crippen LogP contribution in [-0.2, 0) is 33.6 Å². The molecular formula is C101H79N7O19S3. The standard InChI is InChI=1S/C36H26N2O6S.C34H29N3O7S.C31H24N2O6S/c1-23-7-6-10-32(38(42)43)33(23)34(37-44-24(2)39)36(41)29-17-21-31(22-18-29)45-30-19-15-28(16-20-30)35(40)27-13-11-26(12-14-27)25-8-4-3-5-9-25;1-22-4-3-5-30(37(41)42)31(22)32(35-44-23(2)38)34(40)26-10-16-29(17-11-26)45-28-14-8-25(9-15-28)33(39)24-6-12-27(13-7-24)36-18-20-43-21-19-36;1-19-7-4-5-9-26(19)30(35)22-11-15-24(16-12-22)40-25-17-13-23(14-18-25)31(36)29(32-39-21(3)34)28-20(2)8-6-10-27(28)33(37)38/h3-22H,1-2H3;3-17H,18-21H2,1-2H3;4-18H,1-3H3/b37-34+;35-32+;32-29+. The Morgan fingerprint density at radius 3 is 0.869 bits per heavy atom. The molecule has 0 saturated carbocycles. The molecule has 14 rings (SSSR count). The molecule has 0 radical (unpaired) electrons. The molecule has 1 heterocycles. The second-order valence-corrected chi connectivity index (χ2v) is 32.5. The largest absolute Gasteiger partial charge is 0.378 e. The molecule has 1 aliphatic heterocycles. The predicted octanol–water partition coefficient (Wildman–Crippen LogP) is 21.1. The van der Waals surface area contributed by atoms with Crippen molar-refractivity contribution in [1.29, 1.82) is 0 Å². The number of aryl methyl sites for hydroxylation is 4. The summed E-state index contributed by atoms with van der Waals surface area (Å²) in [5.74, 6) is -4.38. The fraction of sp³-hybridized carbons (Fsp3) is 0.109. The Kier molecular flexibility index (Phi) is 31.6. The maximum atomic E-state index is 13.5. The van der Waals surface area contributed by atoms with E-state index < -0.39 is 50.0 Å². The lowest BCUT2D eigenvalue weighted by Crippen LogP contribution is -2.36. The molecule has 1 aliphatic rings. The SMILES string of the molecule is CC(=O)O/N=C(/C(=O)c1ccc(Sc2ccc(C(=O)c3ccc(-c4ccccc4)cc3)cc2)cc1)c1c(C)cccc1[N+](=O)[O-].CC(=O)O/N=C(/C(=O)c1ccc(Sc2ccc(C(=O)c3ccc(N4CCOCC4)cc3)cc2)cc1)c1c(C)cccc1[N+](=O)[O-].CC(=O)O/N=C(/C(=O)c1ccc(Sc2ccc(C(=O)c3ccccc3C)cc2)cc1)c1c(C)cccc1[N+](=O)[O-]. The molecule has 0 amide bonds. The smallest absolute Gasteiger partial charge is 0.332 e. The summed E-state index contributed by atoms with van der Waals surface area (Å²) in [6, 6.07) is 87.4. The van der Waals surface area contributed by atoms with Crippen LogP contribution in [0.5, 0.6) is 0 Å². The molecule has 0 aliphatic carbocycles. The van der Waals surface area contributed by atoms with Gasteiger partial charge in [0.25, 0.3) is 17.1 Å². The average molecular weight is 1790 g/mol. The summed E-state index contributed by atoms with van der Waals surface area (Å²) in [4.78, 5) is 169. The van der Waals surface area contributed by atoms with E-state index >= 15 is 0 Å². The van der Waals surface area contributed by atoms with Crippen molar-refractivity contribution in [2.24, 2.45) is 15.5 Å². The van der Waals surface area contributed by atoms with Crippen LogP contribution in [0.1, 0.15) is 139 Å². The minimum atomic E-state index is -0.767. The van der Waals surface area contributed by atoms with Gasteiger partial charge in [-0.1, -0.05) is 166 Å². The number of morpholine rings is 1. The molecule has 0 spiro atoms. The topological polar surface area (TPSA) is 360 Å². The minimum Gasteiger partial charge on any atom is -0.378 e. The molecule has 0 aromatic heterocycles. The fourth-order valence-corrected chi connectivity index (χ4v) is 16.0. The Balaban J connectivity index is 0.000000177. The van der Waals surface area contributed by atoms with E-state index in [9.17, 15) is 73.5 Å². The van der Waals surface area contributed by atoms with E-state index in [-0.39, 0.29) is 84.9 Å². The minimum absolute atomic E-state index is 0.0162. The summed E-state index contributed by atoms with van der Waals surface area (Å²) < 4.78 is 5.41. The normalized spacial score (nSPS) is 11.9. The highest BCUT2D eigenvalue weighted by Crippen LogP contribution is 2.36. The number of hydrogen-bond donors (Lipinski definition) is 0. The third kappa shape index (κ3) is 24.1. The molecule has 0 bridgehead atoms. The van der Waals surface area contributed by atoms with Crippen LogP contribution in [-0.4, -0.2) is 111 Å². The number of ketones is 6. The van der Waals surface area contributed by atoms with Crippen molar-refractivity contribution in [1.82, 2.24) is 0 Å². The van der Waals surface area contributed by atoms with Crippen LogP contribution >= 0.6 is 35.3 Å². The van der Waals surface area contributed by atoms with Gasteiger partial charge in [-0.15, -0.1) is 0 Å². The number of rotatable bonds is 29. The maximum absolute atomic E-state index is 13.5. The van der Waals surface area contributed by atoms with Crippen LogP contribution in [0.15, 0.2) is 348 Å². The molecule has 130 heavy (non-hydrogen) atoms. The number of nitro groups is 3. The Morgan fingerprint density at radius 1 is 0.308 bits per heavy atom. The zero-order valence-corrected chi connectivity index (χ0v) is 73.3. The highest BCUT2D eigenvalue weighted by atomic mass is 32.2. The lowest BCUT2D eigenvalue weighted by atomic mass is 9.96. The van der Waals surface area contributed by atoms with E-state index in [0.29, 0.717) is 63.3 Å². The molecule has 1 saturated heterocycles. The van der Waals surface area contributed by atoms with Crippen LogP contribution in [0.25, 0.3) is 11.1 Å². The number of benzene rings is 13. The lowest BCUT2D eigenvalue weighted by molar-refractivity contribution is -0.385. The quantitative estimate of drug-likeness (QED) is 0.0138. The molecule has 0 N–H and O–H groups in total. The zero-order chi connectivity index (χ0) is 92.7. The van der Waals surface area contributed by atoms with Gasteiger partial charge in [-0.25, -0.2) is 14.4 Å². The summed E-state index contributed by atoms with van der Waals surface area (Å²) in [6.45, 7) is 13.1. The number of anilines is 1. The number of nitrogens with zero attached hydrogens (tertiary/aromatic N) is 7. The van der Waals surface area contributed by atoms with Gasteiger partial charge in [-0.05, 0) is 231 Å². The number of ether oxygens (including phenoxy) is 1. The summed E-state index contributed by atoms with van der Waals surface area (Å²) in [6.07, 6.45) is 0. The van der Waals surface area contributed by atoms with Crippen LogP contribution < -0.4 is 4.90 Å². The maximum Gasteiger partial charge on any atom is 0.332 e. The Labute approximate surface area is 758 Å². The van der Waals surface area contributed by atoms with Crippen molar-refractivity contribution in [2.75, 3.05) is 31.2 Å². The van der Waals surface area contributed by atoms with Gasteiger partial charge in [0.1, 0.15) is 0 Å². The van der Waals surface area contributed by atoms with Crippen molar-refractivity contribution in [3.63, 3.8) is 0 Å². The van der Waals surface area contributed by atoms with E-state index in [4.69, 9.17) is 19.2 Å².